The number of aryl methyl sites for hydroxylation is 1. The number of rotatable bonds is 3. The summed E-state index contributed by atoms with van der Waals surface area (Å²) < 4.78 is 5.79. The highest BCUT2D eigenvalue weighted by atomic mass is 16.5. The van der Waals surface area contributed by atoms with E-state index in [-0.39, 0.29) is 5.54 Å². The van der Waals surface area contributed by atoms with E-state index in [1.807, 2.05) is 19.1 Å². The largest absolute Gasteiger partial charge is 0.492 e. The molecule has 0 unspecified atom stereocenters. The van der Waals surface area contributed by atoms with Gasteiger partial charge in [-0.1, -0.05) is 19.3 Å². The number of nitriles is 1. The summed E-state index contributed by atoms with van der Waals surface area (Å²) in [5.41, 5.74) is 7.80. The fourth-order valence-corrected chi connectivity index (χ4v) is 2.48. The Morgan fingerprint density at radius 2 is 2.06 bits per heavy atom. The van der Waals surface area contributed by atoms with Crippen LogP contribution in [0.1, 0.15) is 43.2 Å². The lowest BCUT2D eigenvalue weighted by atomic mass is 9.83. The highest BCUT2D eigenvalue weighted by Gasteiger charge is 2.28. The van der Waals surface area contributed by atoms with E-state index >= 15 is 0 Å². The fourth-order valence-electron chi connectivity index (χ4n) is 2.48. The molecule has 0 radical (unpaired) electrons. The molecule has 1 saturated carbocycles. The van der Waals surface area contributed by atoms with Crippen LogP contribution in [0.3, 0.4) is 0 Å². The molecule has 0 spiro atoms. The minimum Gasteiger partial charge on any atom is -0.492 e. The highest BCUT2D eigenvalue weighted by molar-refractivity contribution is 5.41. The van der Waals surface area contributed by atoms with E-state index in [9.17, 15) is 0 Å². The molecular weight excluding hydrogens is 224 g/mol. The Balaban J connectivity index is 1.98. The van der Waals surface area contributed by atoms with Gasteiger partial charge >= 0.3 is 0 Å². The van der Waals surface area contributed by atoms with Crippen molar-refractivity contribution in [3.05, 3.63) is 29.3 Å². The van der Waals surface area contributed by atoms with Crippen LogP contribution >= 0.6 is 0 Å². The van der Waals surface area contributed by atoms with Crippen molar-refractivity contribution < 1.29 is 4.74 Å². The standard InChI is InChI=1S/C15H20N2O/c1-12-9-14(6-5-13(12)10-16)18-11-15(17)7-3-2-4-8-15/h5-6,9H,2-4,7-8,11,17H2,1H3. The molecule has 0 saturated heterocycles. The third-order valence-corrected chi connectivity index (χ3v) is 3.69. The predicted molar refractivity (Wildman–Crippen MR) is 71.4 cm³/mol. The quantitative estimate of drug-likeness (QED) is 0.889. The summed E-state index contributed by atoms with van der Waals surface area (Å²) in [5, 5.41) is 8.87. The molecule has 3 nitrogen and oxygen atoms in total. The summed E-state index contributed by atoms with van der Waals surface area (Å²) in [7, 11) is 0. The molecule has 0 aromatic heterocycles. The molecule has 0 heterocycles. The summed E-state index contributed by atoms with van der Waals surface area (Å²) in [6.45, 7) is 2.49. The van der Waals surface area contributed by atoms with Gasteiger partial charge in [0.1, 0.15) is 12.4 Å². The molecule has 1 aromatic rings. The summed E-state index contributed by atoms with van der Waals surface area (Å²) >= 11 is 0. The molecule has 96 valence electrons. The third kappa shape index (κ3) is 3.02. The molecule has 0 atom stereocenters. The Morgan fingerprint density at radius 1 is 1.33 bits per heavy atom. The Hall–Kier alpha value is -1.53. The van der Waals surface area contributed by atoms with E-state index in [0.29, 0.717) is 12.2 Å². The van der Waals surface area contributed by atoms with Crippen LogP contribution in [0.2, 0.25) is 0 Å². The van der Waals surface area contributed by atoms with Crippen molar-refractivity contribution >= 4 is 0 Å². The van der Waals surface area contributed by atoms with E-state index in [0.717, 1.165) is 24.2 Å². The van der Waals surface area contributed by atoms with Gasteiger partial charge in [0.15, 0.2) is 0 Å². The van der Waals surface area contributed by atoms with Crippen LogP contribution in [0.5, 0.6) is 5.75 Å². The summed E-state index contributed by atoms with van der Waals surface area (Å²) in [5.74, 6) is 0.807. The van der Waals surface area contributed by atoms with Gasteiger partial charge < -0.3 is 10.5 Å². The minimum atomic E-state index is -0.167. The molecule has 18 heavy (non-hydrogen) atoms. The van der Waals surface area contributed by atoms with Gasteiger partial charge in [0.05, 0.1) is 17.2 Å². The molecule has 0 bridgehead atoms. The molecular formula is C15H20N2O. The second-order valence-electron chi connectivity index (χ2n) is 5.30. The monoisotopic (exact) mass is 244 g/mol. The van der Waals surface area contributed by atoms with E-state index < -0.39 is 0 Å². The lowest BCUT2D eigenvalue weighted by Gasteiger charge is -2.33. The van der Waals surface area contributed by atoms with Crippen molar-refractivity contribution in [2.75, 3.05) is 6.61 Å². The SMILES string of the molecule is Cc1cc(OCC2(N)CCCCC2)ccc1C#N. The fraction of sp³-hybridized carbons (Fsp3) is 0.533. The van der Waals surface area contributed by atoms with E-state index in [2.05, 4.69) is 6.07 Å². The van der Waals surface area contributed by atoms with E-state index in [4.69, 9.17) is 15.7 Å². The predicted octanol–water partition coefficient (Wildman–Crippen LogP) is 2.91. The van der Waals surface area contributed by atoms with Crippen LogP contribution < -0.4 is 10.5 Å². The van der Waals surface area contributed by atoms with Crippen molar-refractivity contribution in [1.29, 1.82) is 5.26 Å². The molecule has 2 rings (SSSR count). The first-order valence-electron chi connectivity index (χ1n) is 6.55. The first-order valence-corrected chi connectivity index (χ1v) is 6.55. The molecule has 0 amide bonds. The molecule has 1 aliphatic rings. The van der Waals surface area contributed by atoms with Crippen LogP contribution in [0.4, 0.5) is 0 Å². The van der Waals surface area contributed by atoms with Gasteiger partial charge in [-0.15, -0.1) is 0 Å². The molecule has 2 N–H and O–H groups in total. The number of nitrogens with zero attached hydrogens (tertiary/aromatic N) is 1. The molecule has 1 aromatic carbocycles. The average molecular weight is 244 g/mol. The molecule has 0 aliphatic heterocycles. The Kier molecular flexibility index (Phi) is 3.88. The van der Waals surface area contributed by atoms with Gasteiger partial charge in [0.2, 0.25) is 0 Å². The summed E-state index contributed by atoms with van der Waals surface area (Å²) in [6, 6.07) is 7.71. The summed E-state index contributed by atoms with van der Waals surface area (Å²) in [4.78, 5) is 0. The Bertz CT molecular complexity index is 456. The number of nitrogens with two attached hydrogens (primary N) is 1. The Morgan fingerprint density at radius 3 is 2.67 bits per heavy atom. The third-order valence-electron chi connectivity index (χ3n) is 3.69. The van der Waals surface area contributed by atoms with Gasteiger partial charge in [0, 0.05) is 0 Å². The van der Waals surface area contributed by atoms with Gasteiger partial charge in [-0.05, 0) is 43.5 Å². The molecule has 1 aliphatic carbocycles. The zero-order valence-electron chi connectivity index (χ0n) is 10.9. The van der Waals surface area contributed by atoms with E-state index in [1.54, 1.807) is 6.07 Å². The molecule has 1 fully saturated rings. The van der Waals surface area contributed by atoms with Crippen LogP contribution in [-0.4, -0.2) is 12.1 Å². The van der Waals surface area contributed by atoms with Gasteiger partial charge in [0.25, 0.3) is 0 Å². The van der Waals surface area contributed by atoms with Crippen molar-refractivity contribution in [3.8, 4) is 11.8 Å². The zero-order chi connectivity index (χ0) is 13.0. The zero-order valence-corrected chi connectivity index (χ0v) is 10.9. The minimum absolute atomic E-state index is 0.167. The molecule has 3 heteroatoms. The first kappa shape index (κ1) is 12.9. The van der Waals surface area contributed by atoms with Crippen LogP contribution in [0.15, 0.2) is 18.2 Å². The highest BCUT2D eigenvalue weighted by Crippen LogP contribution is 2.27. The number of hydrogen-bond acceptors (Lipinski definition) is 3. The first-order chi connectivity index (χ1) is 8.63. The smallest absolute Gasteiger partial charge is 0.119 e. The number of benzene rings is 1. The number of hydrogen-bond donors (Lipinski definition) is 1. The van der Waals surface area contributed by atoms with Gasteiger partial charge in [-0.3, -0.25) is 0 Å². The lowest BCUT2D eigenvalue weighted by molar-refractivity contribution is 0.173. The average Bonchev–Trinajstić information content (AvgIpc) is 2.38. The van der Waals surface area contributed by atoms with Crippen molar-refractivity contribution in [3.63, 3.8) is 0 Å². The van der Waals surface area contributed by atoms with Gasteiger partial charge in [-0.2, -0.15) is 5.26 Å². The Labute approximate surface area is 109 Å². The normalized spacial score (nSPS) is 18.1. The lowest BCUT2D eigenvalue weighted by Crippen LogP contribution is -2.47. The second kappa shape index (κ2) is 5.41. The maximum Gasteiger partial charge on any atom is 0.119 e. The van der Waals surface area contributed by atoms with Crippen LogP contribution in [-0.2, 0) is 0 Å². The topological polar surface area (TPSA) is 59.0 Å². The van der Waals surface area contributed by atoms with Crippen molar-refractivity contribution in [2.24, 2.45) is 5.73 Å². The van der Waals surface area contributed by atoms with Crippen LogP contribution in [0.25, 0.3) is 0 Å². The van der Waals surface area contributed by atoms with Crippen molar-refractivity contribution in [1.82, 2.24) is 0 Å². The van der Waals surface area contributed by atoms with Crippen LogP contribution in [0, 0.1) is 18.3 Å². The van der Waals surface area contributed by atoms with E-state index in [1.165, 1.54) is 19.3 Å². The maximum absolute atomic E-state index is 8.87. The maximum atomic E-state index is 8.87. The van der Waals surface area contributed by atoms with Crippen molar-refractivity contribution in [2.45, 2.75) is 44.6 Å². The van der Waals surface area contributed by atoms with Gasteiger partial charge in [-0.25, -0.2) is 0 Å². The summed E-state index contributed by atoms with van der Waals surface area (Å²) in [6.07, 6.45) is 5.78. The number of ether oxygens (including phenoxy) is 1. The second-order valence-corrected chi connectivity index (χ2v) is 5.30.